The Labute approximate surface area is 185 Å². The summed E-state index contributed by atoms with van der Waals surface area (Å²) in [5, 5.41) is 11.4. The van der Waals surface area contributed by atoms with Crippen LogP contribution in [0.2, 0.25) is 5.02 Å². The van der Waals surface area contributed by atoms with Crippen LogP contribution in [0.5, 0.6) is 11.5 Å². The molecule has 0 radical (unpaired) electrons. The Kier molecular flexibility index (Phi) is 4.89. The van der Waals surface area contributed by atoms with Gasteiger partial charge in [-0.2, -0.15) is 5.11 Å². The molecule has 3 amide bonds. The summed E-state index contributed by atoms with van der Waals surface area (Å²) in [4.78, 5) is 38.9. The standard InChI is InChI=1S/C20H15ClFN5O5/c21-12-6-11(2-3-13(12)22)27-19(29)17-18(20(27)30)26(25-24-17)8-16(28)23-7-10-1-4-14-15(5-10)32-9-31-14/h1-6,17-18H,7-9H2,(H,23,28)/t17-,18-/m1/s1. The number of rotatable bonds is 5. The maximum atomic E-state index is 13.5. The summed E-state index contributed by atoms with van der Waals surface area (Å²) < 4.78 is 24.0. The van der Waals surface area contributed by atoms with Gasteiger partial charge in [-0.05, 0) is 35.9 Å². The van der Waals surface area contributed by atoms with Gasteiger partial charge in [-0.15, -0.1) is 0 Å². The summed E-state index contributed by atoms with van der Waals surface area (Å²) in [5.74, 6) is -1.07. The van der Waals surface area contributed by atoms with Gasteiger partial charge < -0.3 is 14.8 Å². The highest BCUT2D eigenvalue weighted by molar-refractivity contribution is 6.32. The summed E-state index contributed by atoms with van der Waals surface area (Å²) in [7, 11) is 0. The van der Waals surface area contributed by atoms with Crippen molar-refractivity contribution in [2.24, 2.45) is 10.3 Å². The Bertz CT molecular complexity index is 1180. The molecule has 1 N–H and O–H groups in total. The van der Waals surface area contributed by atoms with Crippen molar-refractivity contribution in [3.8, 4) is 11.5 Å². The third-order valence-electron chi connectivity index (χ3n) is 5.25. The van der Waals surface area contributed by atoms with E-state index in [-0.39, 0.29) is 30.6 Å². The van der Waals surface area contributed by atoms with E-state index in [1.165, 1.54) is 17.1 Å². The second-order valence-electron chi connectivity index (χ2n) is 7.27. The van der Waals surface area contributed by atoms with Crippen molar-refractivity contribution < 1.29 is 28.2 Å². The van der Waals surface area contributed by atoms with Crippen LogP contribution in [-0.2, 0) is 20.9 Å². The van der Waals surface area contributed by atoms with Gasteiger partial charge in [0, 0.05) is 6.54 Å². The lowest BCUT2D eigenvalue weighted by molar-refractivity contribution is -0.125. The van der Waals surface area contributed by atoms with Crippen LogP contribution in [0.25, 0.3) is 0 Å². The van der Waals surface area contributed by atoms with Crippen LogP contribution in [0.4, 0.5) is 10.1 Å². The SMILES string of the molecule is O=C(CN1N=N[C@H]2C(=O)N(c3ccc(F)c(Cl)c3)C(=O)[C@@H]21)NCc1ccc2c(c1)OCO2. The Morgan fingerprint density at radius 1 is 1.16 bits per heavy atom. The number of carbonyl (C=O) groups excluding carboxylic acids is 3. The minimum atomic E-state index is -1.08. The van der Waals surface area contributed by atoms with E-state index in [1.807, 2.05) is 0 Å². The zero-order valence-electron chi connectivity index (χ0n) is 16.3. The Balaban J connectivity index is 1.24. The van der Waals surface area contributed by atoms with Crippen molar-refractivity contribution in [3.63, 3.8) is 0 Å². The molecule has 3 aliphatic heterocycles. The maximum absolute atomic E-state index is 13.5. The number of imide groups is 1. The molecule has 0 aromatic heterocycles. The number of fused-ring (bicyclic) bond motifs is 2. The first-order chi connectivity index (χ1) is 15.4. The first kappa shape index (κ1) is 20.2. The third-order valence-corrected chi connectivity index (χ3v) is 5.54. The van der Waals surface area contributed by atoms with Gasteiger partial charge >= 0.3 is 0 Å². The average Bonchev–Trinajstić information content (AvgIpc) is 3.46. The highest BCUT2D eigenvalue weighted by atomic mass is 35.5. The van der Waals surface area contributed by atoms with Crippen molar-refractivity contribution in [3.05, 3.63) is 52.8 Å². The predicted octanol–water partition coefficient (Wildman–Crippen LogP) is 1.82. The van der Waals surface area contributed by atoms with E-state index in [0.29, 0.717) is 11.5 Å². The lowest BCUT2D eigenvalue weighted by atomic mass is 10.1. The van der Waals surface area contributed by atoms with E-state index in [4.69, 9.17) is 21.1 Å². The summed E-state index contributed by atoms with van der Waals surface area (Å²) in [6, 6.07) is 6.71. The molecule has 10 nitrogen and oxygen atoms in total. The number of amides is 3. The number of benzene rings is 2. The molecule has 2 atom stereocenters. The first-order valence-corrected chi connectivity index (χ1v) is 9.95. The fraction of sp³-hybridized carbons (Fsp3) is 0.250. The lowest BCUT2D eigenvalue weighted by Crippen LogP contribution is -2.44. The van der Waals surface area contributed by atoms with Gasteiger partial charge in [-0.25, -0.2) is 9.29 Å². The topological polar surface area (TPSA) is 113 Å². The Morgan fingerprint density at radius 2 is 1.97 bits per heavy atom. The molecule has 32 heavy (non-hydrogen) atoms. The molecule has 2 aromatic rings. The van der Waals surface area contributed by atoms with E-state index in [2.05, 4.69) is 15.7 Å². The Hall–Kier alpha value is -3.73. The number of hydrogen-bond acceptors (Lipinski definition) is 8. The summed E-state index contributed by atoms with van der Waals surface area (Å²) in [6.07, 6.45) is 0. The zero-order chi connectivity index (χ0) is 22.4. The molecule has 164 valence electrons. The van der Waals surface area contributed by atoms with Crippen LogP contribution in [0, 0.1) is 5.82 Å². The van der Waals surface area contributed by atoms with E-state index >= 15 is 0 Å². The highest BCUT2D eigenvalue weighted by Crippen LogP contribution is 2.34. The van der Waals surface area contributed by atoms with Gasteiger partial charge in [0.05, 0.1) is 10.7 Å². The van der Waals surface area contributed by atoms with Gasteiger partial charge in [0.15, 0.2) is 23.6 Å². The Morgan fingerprint density at radius 3 is 2.78 bits per heavy atom. The van der Waals surface area contributed by atoms with Gasteiger partial charge in [0.25, 0.3) is 11.8 Å². The molecular formula is C20H15ClFN5O5. The van der Waals surface area contributed by atoms with Gasteiger partial charge in [0.2, 0.25) is 12.7 Å². The van der Waals surface area contributed by atoms with E-state index in [0.717, 1.165) is 16.5 Å². The van der Waals surface area contributed by atoms with Crippen LogP contribution in [-0.4, -0.2) is 48.2 Å². The molecule has 0 saturated carbocycles. The summed E-state index contributed by atoms with van der Waals surface area (Å²) >= 11 is 5.78. The van der Waals surface area contributed by atoms with Gasteiger partial charge in [0.1, 0.15) is 12.4 Å². The number of halogens is 2. The van der Waals surface area contributed by atoms with Crippen molar-refractivity contribution in [1.29, 1.82) is 0 Å². The van der Waals surface area contributed by atoms with E-state index in [1.54, 1.807) is 18.2 Å². The largest absolute Gasteiger partial charge is 0.454 e. The molecule has 2 aromatic carbocycles. The molecule has 12 heteroatoms. The van der Waals surface area contributed by atoms with Gasteiger partial charge in [-0.3, -0.25) is 19.4 Å². The van der Waals surface area contributed by atoms with Crippen molar-refractivity contribution in [2.45, 2.75) is 18.6 Å². The molecule has 0 aliphatic carbocycles. The number of carbonyl (C=O) groups is 3. The quantitative estimate of drug-likeness (QED) is 0.682. The van der Waals surface area contributed by atoms with Crippen molar-refractivity contribution in [2.75, 3.05) is 18.2 Å². The zero-order valence-corrected chi connectivity index (χ0v) is 17.1. The maximum Gasteiger partial charge on any atom is 0.263 e. The lowest BCUT2D eigenvalue weighted by Gasteiger charge is -2.20. The first-order valence-electron chi connectivity index (χ1n) is 9.58. The molecule has 3 heterocycles. The fourth-order valence-corrected chi connectivity index (χ4v) is 3.86. The number of hydrogen-bond donors (Lipinski definition) is 1. The van der Waals surface area contributed by atoms with Gasteiger partial charge in [-0.1, -0.05) is 22.9 Å². The molecular weight excluding hydrogens is 445 g/mol. The van der Waals surface area contributed by atoms with Crippen LogP contribution < -0.4 is 19.7 Å². The minimum absolute atomic E-state index is 0.128. The van der Waals surface area contributed by atoms with Crippen molar-refractivity contribution in [1.82, 2.24) is 10.3 Å². The number of nitrogens with zero attached hydrogens (tertiary/aromatic N) is 4. The fourth-order valence-electron chi connectivity index (χ4n) is 3.69. The van der Waals surface area contributed by atoms with Crippen LogP contribution in [0.3, 0.4) is 0 Å². The van der Waals surface area contributed by atoms with Crippen molar-refractivity contribution >= 4 is 35.0 Å². The van der Waals surface area contributed by atoms with Crippen LogP contribution in [0.15, 0.2) is 46.7 Å². The minimum Gasteiger partial charge on any atom is -0.454 e. The monoisotopic (exact) mass is 459 g/mol. The average molecular weight is 460 g/mol. The summed E-state index contributed by atoms with van der Waals surface area (Å²) in [5.41, 5.74) is 0.929. The second kappa shape index (κ2) is 7.75. The third kappa shape index (κ3) is 3.40. The molecule has 1 saturated heterocycles. The number of nitrogens with one attached hydrogen (secondary N) is 1. The number of anilines is 1. The molecule has 3 aliphatic rings. The smallest absolute Gasteiger partial charge is 0.263 e. The molecule has 0 unspecified atom stereocenters. The molecule has 5 rings (SSSR count). The normalized spacial score (nSPS) is 20.8. The predicted molar refractivity (Wildman–Crippen MR) is 107 cm³/mol. The van der Waals surface area contributed by atoms with E-state index in [9.17, 15) is 18.8 Å². The van der Waals surface area contributed by atoms with Crippen LogP contribution >= 0.6 is 11.6 Å². The second-order valence-corrected chi connectivity index (χ2v) is 7.67. The highest BCUT2D eigenvalue weighted by Gasteiger charge is 2.55. The van der Waals surface area contributed by atoms with E-state index < -0.39 is 35.6 Å². The molecule has 0 bridgehead atoms. The molecule has 1 fully saturated rings. The summed E-state index contributed by atoms with van der Waals surface area (Å²) in [6.45, 7) is 0.107. The van der Waals surface area contributed by atoms with Crippen LogP contribution in [0.1, 0.15) is 5.56 Å². The number of ether oxygens (including phenoxy) is 2. The molecule has 0 spiro atoms.